The van der Waals surface area contributed by atoms with Gasteiger partial charge in [0.05, 0.1) is 11.1 Å². The Hall–Kier alpha value is -3.11. The van der Waals surface area contributed by atoms with E-state index < -0.39 is 0 Å². The third kappa shape index (κ3) is 2.59. The Morgan fingerprint density at radius 3 is 2.21 bits per heavy atom. The van der Waals surface area contributed by atoms with Crippen molar-refractivity contribution in [3.8, 4) is 23.6 Å². The van der Waals surface area contributed by atoms with Gasteiger partial charge in [0, 0.05) is 5.56 Å². The largest absolute Gasteiger partial charge is 0.455 e. The maximum absolute atomic E-state index is 10.7. The Kier molecular flexibility index (Phi) is 3.56. The standard InChI is InChI=1S/C15H8N2O2/c16-8-12-4-2-5-13(9-17)15(12)19-14-6-1-3-11(7-14)10-18/h1-7,10H. The van der Waals surface area contributed by atoms with Crippen LogP contribution in [0, 0.1) is 22.7 Å². The number of rotatable bonds is 3. The first-order valence-electron chi connectivity index (χ1n) is 5.45. The molecule has 0 saturated heterocycles. The zero-order chi connectivity index (χ0) is 13.7. The van der Waals surface area contributed by atoms with Gasteiger partial charge in [0.2, 0.25) is 0 Å². The maximum Gasteiger partial charge on any atom is 0.162 e. The van der Waals surface area contributed by atoms with E-state index in [1.807, 2.05) is 12.1 Å². The van der Waals surface area contributed by atoms with Crippen LogP contribution in [0.5, 0.6) is 11.5 Å². The van der Waals surface area contributed by atoms with Gasteiger partial charge in [-0.2, -0.15) is 10.5 Å². The van der Waals surface area contributed by atoms with Crippen LogP contribution < -0.4 is 4.74 Å². The van der Waals surface area contributed by atoms with Crippen LogP contribution in [0.1, 0.15) is 21.5 Å². The zero-order valence-corrected chi connectivity index (χ0v) is 9.83. The summed E-state index contributed by atoms with van der Waals surface area (Å²) < 4.78 is 5.56. The van der Waals surface area contributed by atoms with Crippen LogP contribution in [0.3, 0.4) is 0 Å². The lowest BCUT2D eigenvalue weighted by molar-refractivity contribution is 0.112. The van der Waals surface area contributed by atoms with Crippen LogP contribution in [0.25, 0.3) is 0 Å². The third-order valence-corrected chi connectivity index (χ3v) is 2.47. The zero-order valence-electron chi connectivity index (χ0n) is 9.83. The molecule has 2 rings (SSSR count). The van der Waals surface area contributed by atoms with Crippen molar-refractivity contribution in [1.29, 1.82) is 10.5 Å². The van der Waals surface area contributed by atoms with E-state index in [9.17, 15) is 4.79 Å². The van der Waals surface area contributed by atoms with Gasteiger partial charge in [-0.15, -0.1) is 0 Å². The van der Waals surface area contributed by atoms with Gasteiger partial charge in [-0.05, 0) is 24.3 Å². The second kappa shape index (κ2) is 5.48. The minimum atomic E-state index is 0.204. The third-order valence-electron chi connectivity index (χ3n) is 2.47. The van der Waals surface area contributed by atoms with E-state index in [4.69, 9.17) is 15.3 Å². The number of ether oxygens (including phenoxy) is 1. The quantitative estimate of drug-likeness (QED) is 0.782. The lowest BCUT2D eigenvalue weighted by Crippen LogP contribution is -1.93. The molecule has 4 heteroatoms. The Morgan fingerprint density at radius 2 is 1.63 bits per heavy atom. The van der Waals surface area contributed by atoms with Crippen molar-refractivity contribution < 1.29 is 9.53 Å². The fourth-order valence-corrected chi connectivity index (χ4v) is 1.59. The molecule has 0 amide bonds. The molecule has 2 aromatic carbocycles. The Morgan fingerprint density at radius 1 is 1.00 bits per heavy atom. The monoisotopic (exact) mass is 248 g/mol. The summed E-state index contributed by atoms with van der Waals surface area (Å²) in [5.74, 6) is 0.611. The molecule has 0 fully saturated rings. The molecule has 4 nitrogen and oxygen atoms in total. The SMILES string of the molecule is N#Cc1cccc(C#N)c1Oc1cccc(C=O)c1. The van der Waals surface area contributed by atoms with E-state index in [0.29, 0.717) is 17.6 Å². The van der Waals surface area contributed by atoms with Crippen molar-refractivity contribution in [1.82, 2.24) is 0 Å². The number of para-hydroxylation sites is 1. The molecule has 0 radical (unpaired) electrons. The molecule has 0 heterocycles. The van der Waals surface area contributed by atoms with Crippen molar-refractivity contribution in [2.24, 2.45) is 0 Å². The average molecular weight is 248 g/mol. The summed E-state index contributed by atoms with van der Waals surface area (Å²) in [4.78, 5) is 10.7. The van der Waals surface area contributed by atoms with Crippen LogP contribution >= 0.6 is 0 Å². The van der Waals surface area contributed by atoms with Gasteiger partial charge >= 0.3 is 0 Å². The number of nitriles is 2. The van der Waals surface area contributed by atoms with E-state index in [1.54, 1.807) is 42.5 Å². The van der Waals surface area contributed by atoms with Crippen molar-refractivity contribution in [2.75, 3.05) is 0 Å². The minimum absolute atomic E-state index is 0.204. The molecule has 0 saturated carbocycles. The summed E-state index contributed by atoms with van der Waals surface area (Å²) in [5.41, 5.74) is 1.01. The maximum atomic E-state index is 10.7. The Bertz CT molecular complexity index is 677. The highest BCUT2D eigenvalue weighted by Gasteiger charge is 2.10. The molecule has 0 unspecified atom stereocenters. The summed E-state index contributed by atoms with van der Waals surface area (Å²) in [6.07, 6.45) is 0.703. The predicted octanol–water partition coefficient (Wildman–Crippen LogP) is 3.03. The number of benzene rings is 2. The topological polar surface area (TPSA) is 73.9 Å². The van der Waals surface area contributed by atoms with Crippen LogP contribution in [-0.4, -0.2) is 6.29 Å². The van der Waals surface area contributed by atoms with Gasteiger partial charge in [0.1, 0.15) is 24.2 Å². The minimum Gasteiger partial charge on any atom is -0.455 e. The smallest absolute Gasteiger partial charge is 0.162 e. The lowest BCUT2D eigenvalue weighted by Gasteiger charge is -2.09. The first kappa shape index (κ1) is 12.3. The van der Waals surface area contributed by atoms with E-state index in [0.717, 1.165) is 0 Å². The predicted molar refractivity (Wildman–Crippen MR) is 67.8 cm³/mol. The first-order valence-corrected chi connectivity index (χ1v) is 5.45. The van der Waals surface area contributed by atoms with Crippen molar-refractivity contribution in [3.63, 3.8) is 0 Å². The van der Waals surface area contributed by atoms with Crippen molar-refractivity contribution in [3.05, 3.63) is 59.2 Å². The van der Waals surface area contributed by atoms with Crippen LogP contribution in [0.4, 0.5) is 0 Å². The van der Waals surface area contributed by atoms with Crippen LogP contribution in [0.15, 0.2) is 42.5 Å². The van der Waals surface area contributed by atoms with Crippen LogP contribution in [-0.2, 0) is 0 Å². The van der Waals surface area contributed by atoms with Crippen LogP contribution in [0.2, 0.25) is 0 Å². The average Bonchev–Trinajstić information content (AvgIpc) is 2.47. The molecule has 0 aromatic heterocycles. The summed E-state index contributed by atoms with van der Waals surface area (Å²) >= 11 is 0. The molecule has 0 N–H and O–H groups in total. The molecule has 90 valence electrons. The fourth-order valence-electron chi connectivity index (χ4n) is 1.59. The number of carbonyl (C=O) groups is 1. The number of carbonyl (C=O) groups excluding carboxylic acids is 1. The fraction of sp³-hybridized carbons (Fsp3) is 0. The summed E-state index contributed by atoms with van der Waals surface area (Å²) in [5, 5.41) is 18.0. The Labute approximate surface area is 110 Å². The molecule has 0 aliphatic rings. The van der Waals surface area contributed by atoms with Crippen molar-refractivity contribution >= 4 is 6.29 Å². The molecular formula is C15H8N2O2. The second-order valence-electron chi connectivity index (χ2n) is 3.70. The van der Waals surface area contributed by atoms with Gasteiger partial charge in [0.15, 0.2) is 5.75 Å². The van der Waals surface area contributed by atoms with Gasteiger partial charge in [0.25, 0.3) is 0 Å². The van der Waals surface area contributed by atoms with E-state index >= 15 is 0 Å². The summed E-state index contributed by atoms with van der Waals surface area (Å²) in [6.45, 7) is 0. The number of aldehydes is 1. The lowest BCUT2D eigenvalue weighted by atomic mass is 10.1. The van der Waals surface area contributed by atoms with Gasteiger partial charge in [-0.25, -0.2) is 0 Å². The summed E-state index contributed by atoms with van der Waals surface area (Å²) in [6, 6.07) is 15.2. The number of hydrogen-bond donors (Lipinski definition) is 0. The molecule has 0 aliphatic carbocycles. The molecule has 0 aliphatic heterocycles. The highest BCUT2D eigenvalue weighted by atomic mass is 16.5. The van der Waals surface area contributed by atoms with E-state index in [-0.39, 0.29) is 16.9 Å². The first-order chi connectivity index (χ1) is 9.28. The van der Waals surface area contributed by atoms with Gasteiger partial charge < -0.3 is 4.74 Å². The summed E-state index contributed by atoms with van der Waals surface area (Å²) in [7, 11) is 0. The van der Waals surface area contributed by atoms with E-state index in [2.05, 4.69) is 0 Å². The normalized spacial score (nSPS) is 9.16. The van der Waals surface area contributed by atoms with Crippen molar-refractivity contribution in [2.45, 2.75) is 0 Å². The van der Waals surface area contributed by atoms with Gasteiger partial charge in [-0.3, -0.25) is 4.79 Å². The molecule has 0 bridgehead atoms. The molecule has 0 spiro atoms. The molecule has 0 atom stereocenters. The highest BCUT2D eigenvalue weighted by molar-refractivity contribution is 5.75. The molecular weight excluding hydrogens is 240 g/mol. The Balaban J connectivity index is 2.46. The number of nitrogens with zero attached hydrogens (tertiary/aromatic N) is 2. The second-order valence-corrected chi connectivity index (χ2v) is 3.70. The molecule has 2 aromatic rings. The number of hydrogen-bond acceptors (Lipinski definition) is 4. The van der Waals surface area contributed by atoms with E-state index in [1.165, 1.54) is 0 Å². The van der Waals surface area contributed by atoms with Gasteiger partial charge in [-0.1, -0.05) is 18.2 Å². The highest BCUT2D eigenvalue weighted by Crippen LogP contribution is 2.28. The molecule has 19 heavy (non-hydrogen) atoms.